The smallest absolute Gasteiger partial charge is 0.387 e. The molecule has 2 aromatic carbocycles. The van der Waals surface area contributed by atoms with Crippen molar-refractivity contribution >= 4 is 17.8 Å². The Morgan fingerprint density at radius 3 is 2.40 bits per heavy atom. The molecule has 0 aliphatic rings. The van der Waals surface area contributed by atoms with Crippen molar-refractivity contribution in [1.82, 2.24) is 10.6 Å². The van der Waals surface area contributed by atoms with Crippen LogP contribution in [0.4, 0.5) is 8.78 Å². The van der Waals surface area contributed by atoms with Gasteiger partial charge < -0.3 is 20.1 Å². The van der Waals surface area contributed by atoms with Gasteiger partial charge in [-0.15, -0.1) is 0 Å². The molecule has 1 unspecified atom stereocenters. The highest BCUT2D eigenvalue weighted by molar-refractivity contribution is 5.96. The lowest BCUT2D eigenvalue weighted by molar-refractivity contribution is -0.155. The molecule has 2 rings (SSSR count). The van der Waals surface area contributed by atoms with Crippen LogP contribution in [0, 0.1) is 0 Å². The summed E-state index contributed by atoms with van der Waals surface area (Å²) in [5.74, 6) is -2.10. The van der Waals surface area contributed by atoms with Crippen LogP contribution in [0.1, 0.15) is 29.3 Å². The Morgan fingerprint density at radius 2 is 1.73 bits per heavy atom. The summed E-state index contributed by atoms with van der Waals surface area (Å²) >= 11 is 0. The Balaban J connectivity index is 1.81. The minimum atomic E-state index is -3.02. The lowest BCUT2D eigenvalue weighted by Crippen LogP contribution is -2.39. The van der Waals surface area contributed by atoms with Crippen molar-refractivity contribution in [3.05, 3.63) is 65.7 Å². The standard InChI is InChI=1S/C21H22F2N2O5/c1-2-17(20(28)24-12-14-7-4-3-5-8-14)30-18(26)13-25-19(27)15-9-6-10-16(11-15)29-21(22)23/h3-11,17,21H,2,12-13H2,1H3,(H,24,28)(H,25,27). The summed E-state index contributed by atoms with van der Waals surface area (Å²) in [5, 5.41) is 5.01. The van der Waals surface area contributed by atoms with Gasteiger partial charge in [0.15, 0.2) is 6.10 Å². The molecule has 0 heterocycles. The summed E-state index contributed by atoms with van der Waals surface area (Å²) in [6.45, 7) is -1.52. The largest absolute Gasteiger partial charge is 0.451 e. The zero-order valence-electron chi connectivity index (χ0n) is 16.3. The highest BCUT2D eigenvalue weighted by atomic mass is 19.3. The Kier molecular flexibility index (Phi) is 8.74. The fourth-order valence-electron chi connectivity index (χ4n) is 2.49. The molecule has 0 saturated heterocycles. The Bertz CT molecular complexity index is 861. The maximum Gasteiger partial charge on any atom is 0.387 e. The first-order valence-corrected chi connectivity index (χ1v) is 9.23. The van der Waals surface area contributed by atoms with Crippen molar-refractivity contribution in [2.45, 2.75) is 32.6 Å². The number of nitrogens with one attached hydrogen (secondary N) is 2. The van der Waals surface area contributed by atoms with Crippen LogP contribution >= 0.6 is 0 Å². The summed E-state index contributed by atoms with van der Waals surface area (Å²) in [4.78, 5) is 36.3. The quantitative estimate of drug-likeness (QED) is 0.577. The highest BCUT2D eigenvalue weighted by Crippen LogP contribution is 2.15. The fourth-order valence-corrected chi connectivity index (χ4v) is 2.49. The monoisotopic (exact) mass is 420 g/mol. The van der Waals surface area contributed by atoms with Crippen molar-refractivity contribution < 1.29 is 32.6 Å². The number of rotatable bonds is 10. The predicted octanol–water partition coefficient (Wildman–Crippen LogP) is 2.66. The fraction of sp³-hybridized carbons (Fsp3) is 0.286. The van der Waals surface area contributed by atoms with Gasteiger partial charge in [-0.1, -0.05) is 43.3 Å². The van der Waals surface area contributed by atoms with Gasteiger partial charge in [-0.05, 0) is 30.2 Å². The number of esters is 1. The zero-order chi connectivity index (χ0) is 21.9. The average molecular weight is 420 g/mol. The van der Waals surface area contributed by atoms with Crippen LogP contribution in [0.25, 0.3) is 0 Å². The van der Waals surface area contributed by atoms with Crippen molar-refractivity contribution in [2.75, 3.05) is 6.54 Å². The third kappa shape index (κ3) is 7.50. The van der Waals surface area contributed by atoms with Gasteiger partial charge >= 0.3 is 12.6 Å². The maximum absolute atomic E-state index is 12.3. The number of hydrogen-bond donors (Lipinski definition) is 2. The zero-order valence-corrected chi connectivity index (χ0v) is 16.3. The SMILES string of the molecule is CCC(OC(=O)CNC(=O)c1cccc(OC(F)F)c1)C(=O)NCc1ccccc1. The molecule has 0 aliphatic carbocycles. The predicted molar refractivity (Wildman–Crippen MR) is 104 cm³/mol. The van der Waals surface area contributed by atoms with E-state index in [-0.39, 0.29) is 17.7 Å². The van der Waals surface area contributed by atoms with Gasteiger partial charge in [0.1, 0.15) is 12.3 Å². The molecule has 0 fully saturated rings. The molecule has 2 amide bonds. The second kappa shape index (κ2) is 11.5. The summed E-state index contributed by atoms with van der Waals surface area (Å²) < 4.78 is 33.9. The van der Waals surface area contributed by atoms with E-state index in [1.165, 1.54) is 18.2 Å². The maximum atomic E-state index is 12.3. The van der Waals surface area contributed by atoms with E-state index in [1.54, 1.807) is 6.92 Å². The van der Waals surface area contributed by atoms with E-state index >= 15 is 0 Å². The number of alkyl halides is 2. The molecule has 0 saturated carbocycles. The topological polar surface area (TPSA) is 93.7 Å². The van der Waals surface area contributed by atoms with Crippen LogP contribution in [0.5, 0.6) is 5.75 Å². The Morgan fingerprint density at radius 1 is 1.00 bits per heavy atom. The van der Waals surface area contributed by atoms with Gasteiger partial charge in [-0.2, -0.15) is 8.78 Å². The van der Waals surface area contributed by atoms with E-state index in [9.17, 15) is 23.2 Å². The van der Waals surface area contributed by atoms with Crippen molar-refractivity contribution in [3.63, 3.8) is 0 Å². The first-order chi connectivity index (χ1) is 14.4. The number of amides is 2. The second-order valence-electron chi connectivity index (χ2n) is 6.18. The van der Waals surface area contributed by atoms with Gasteiger partial charge in [-0.3, -0.25) is 14.4 Å². The Hall–Kier alpha value is -3.49. The van der Waals surface area contributed by atoms with E-state index in [4.69, 9.17) is 4.74 Å². The van der Waals surface area contributed by atoms with E-state index in [0.29, 0.717) is 6.54 Å². The molecular weight excluding hydrogens is 398 g/mol. The van der Waals surface area contributed by atoms with E-state index < -0.39 is 37.0 Å². The van der Waals surface area contributed by atoms with Crippen LogP contribution in [-0.2, 0) is 20.9 Å². The van der Waals surface area contributed by atoms with E-state index in [0.717, 1.165) is 11.6 Å². The summed E-state index contributed by atoms with van der Waals surface area (Å²) in [6, 6.07) is 14.4. The first kappa shape index (κ1) is 22.8. The Labute approximate surface area is 172 Å². The number of benzene rings is 2. The third-order valence-corrected chi connectivity index (χ3v) is 3.96. The lowest BCUT2D eigenvalue weighted by Gasteiger charge is -2.16. The summed E-state index contributed by atoms with van der Waals surface area (Å²) in [7, 11) is 0. The second-order valence-corrected chi connectivity index (χ2v) is 6.18. The van der Waals surface area contributed by atoms with Crippen molar-refractivity contribution in [1.29, 1.82) is 0 Å². The molecular formula is C21H22F2N2O5. The molecule has 0 spiro atoms. The van der Waals surface area contributed by atoms with E-state index in [2.05, 4.69) is 15.4 Å². The summed E-state index contributed by atoms with van der Waals surface area (Å²) in [5.41, 5.74) is 0.936. The first-order valence-electron chi connectivity index (χ1n) is 9.23. The molecule has 7 nitrogen and oxygen atoms in total. The van der Waals surface area contributed by atoms with Crippen LogP contribution < -0.4 is 15.4 Å². The summed E-state index contributed by atoms with van der Waals surface area (Å²) in [6.07, 6.45) is -0.742. The van der Waals surface area contributed by atoms with Crippen LogP contribution in [0.15, 0.2) is 54.6 Å². The molecule has 0 aromatic heterocycles. The molecule has 0 radical (unpaired) electrons. The molecule has 9 heteroatoms. The lowest BCUT2D eigenvalue weighted by atomic mass is 10.2. The number of carbonyl (C=O) groups excluding carboxylic acids is 3. The van der Waals surface area contributed by atoms with Crippen LogP contribution in [-0.4, -0.2) is 37.0 Å². The molecule has 0 aliphatic heterocycles. The number of halogens is 2. The third-order valence-electron chi connectivity index (χ3n) is 3.96. The molecule has 2 N–H and O–H groups in total. The molecule has 30 heavy (non-hydrogen) atoms. The highest BCUT2D eigenvalue weighted by Gasteiger charge is 2.21. The molecule has 0 bridgehead atoms. The van der Waals surface area contributed by atoms with Gasteiger partial charge in [0.05, 0.1) is 0 Å². The minimum Gasteiger partial charge on any atom is -0.451 e. The molecule has 2 aromatic rings. The molecule has 1 atom stereocenters. The van der Waals surface area contributed by atoms with Crippen LogP contribution in [0.3, 0.4) is 0 Å². The number of hydrogen-bond acceptors (Lipinski definition) is 5. The van der Waals surface area contributed by atoms with Crippen molar-refractivity contribution in [3.8, 4) is 5.75 Å². The minimum absolute atomic E-state index is 0.0357. The normalized spacial score (nSPS) is 11.5. The number of carbonyl (C=O) groups is 3. The van der Waals surface area contributed by atoms with Crippen molar-refractivity contribution in [2.24, 2.45) is 0 Å². The van der Waals surface area contributed by atoms with Gasteiger partial charge in [-0.25, -0.2) is 0 Å². The average Bonchev–Trinajstić information content (AvgIpc) is 2.74. The molecule has 160 valence electrons. The van der Waals surface area contributed by atoms with Crippen LogP contribution in [0.2, 0.25) is 0 Å². The van der Waals surface area contributed by atoms with Gasteiger partial charge in [0.25, 0.3) is 11.8 Å². The van der Waals surface area contributed by atoms with Gasteiger partial charge in [0, 0.05) is 12.1 Å². The number of ether oxygens (including phenoxy) is 2. The van der Waals surface area contributed by atoms with Gasteiger partial charge in [0.2, 0.25) is 0 Å². The van der Waals surface area contributed by atoms with E-state index in [1.807, 2.05) is 30.3 Å².